The van der Waals surface area contributed by atoms with Gasteiger partial charge in [0.05, 0.1) is 12.8 Å². The lowest BCUT2D eigenvalue weighted by Crippen LogP contribution is -2.35. The Morgan fingerprint density at radius 3 is 2.74 bits per heavy atom. The van der Waals surface area contributed by atoms with Gasteiger partial charge in [0.25, 0.3) is 0 Å². The second-order valence-corrected chi connectivity index (χ2v) is 6.24. The first kappa shape index (κ1) is 16.1. The first-order chi connectivity index (χ1) is 11.2. The molecular weight excluding hydrogens is 288 g/mol. The molecule has 0 atom stereocenters. The fourth-order valence-electron chi connectivity index (χ4n) is 3.47. The van der Waals surface area contributed by atoms with Crippen molar-refractivity contribution in [3.63, 3.8) is 0 Å². The Balaban J connectivity index is 1.87. The van der Waals surface area contributed by atoms with Gasteiger partial charge in [-0.25, -0.2) is 0 Å². The van der Waals surface area contributed by atoms with Crippen molar-refractivity contribution in [2.75, 3.05) is 38.3 Å². The Labute approximate surface area is 138 Å². The Kier molecular flexibility index (Phi) is 5.01. The Morgan fingerprint density at radius 1 is 1.26 bits per heavy atom. The number of methoxy groups -OCH3 is 1. The van der Waals surface area contributed by atoms with Gasteiger partial charge < -0.3 is 14.4 Å². The number of aromatic nitrogens is 1. The molecule has 3 rings (SSSR count). The minimum absolute atomic E-state index is 0.689. The van der Waals surface area contributed by atoms with Gasteiger partial charge in [-0.3, -0.25) is 4.98 Å². The van der Waals surface area contributed by atoms with Crippen molar-refractivity contribution in [3.8, 4) is 5.75 Å². The third-order valence-corrected chi connectivity index (χ3v) is 4.72. The number of hydrogen-bond donors (Lipinski definition) is 0. The van der Waals surface area contributed by atoms with Crippen LogP contribution in [0.3, 0.4) is 0 Å². The van der Waals surface area contributed by atoms with Gasteiger partial charge in [0.15, 0.2) is 0 Å². The number of pyridine rings is 1. The molecule has 2 aromatic rings. The first-order valence-electron chi connectivity index (χ1n) is 8.49. The topological polar surface area (TPSA) is 34.6 Å². The predicted molar refractivity (Wildman–Crippen MR) is 94.5 cm³/mol. The van der Waals surface area contributed by atoms with Gasteiger partial charge in [0, 0.05) is 37.9 Å². The van der Waals surface area contributed by atoms with Gasteiger partial charge in [-0.2, -0.15) is 0 Å². The van der Waals surface area contributed by atoms with Crippen LogP contribution in [0.1, 0.15) is 25.3 Å². The monoisotopic (exact) mass is 314 g/mol. The summed E-state index contributed by atoms with van der Waals surface area (Å²) >= 11 is 0. The molecule has 0 spiro atoms. The lowest BCUT2D eigenvalue weighted by Gasteiger charge is -2.35. The zero-order chi connectivity index (χ0) is 16.2. The minimum atomic E-state index is 0.689. The summed E-state index contributed by atoms with van der Waals surface area (Å²) in [5.74, 6) is 1.53. The molecule has 1 aromatic heterocycles. The van der Waals surface area contributed by atoms with E-state index in [1.54, 1.807) is 7.11 Å². The fraction of sp³-hybridized carbons (Fsp3) is 0.526. The summed E-state index contributed by atoms with van der Waals surface area (Å²) in [7, 11) is 1.70. The van der Waals surface area contributed by atoms with E-state index in [2.05, 4.69) is 29.8 Å². The highest BCUT2D eigenvalue weighted by Gasteiger charge is 2.22. The molecule has 0 saturated carbocycles. The van der Waals surface area contributed by atoms with Crippen LogP contribution in [0.15, 0.2) is 24.4 Å². The molecule has 1 saturated heterocycles. The van der Waals surface area contributed by atoms with Crippen molar-refractivity contribution in [2.24, 2.45) is 5.92 Å². The number of hydrogen-bond acceptors (Lipinski definition) is 4. The van der Waals surface area contributed by atoms with Crippen LogP contribution in [0.25, 0.3) is 10.9 Å². The van der Waals surface area contributed by atoms with Crippen LogP contribution in [0.4, 0.5) is 5.69 Å². The maximum atomic E-state index is 5.59. The van der Waals surface area contributed by atoms with Gasteiger partial charge in [-0.05, 0) is 44.2 Å². The molecular formula is C19H26N2O2. The average molecular weight is 314 g/mol. The second-order valence-electron chi connectivity index (χ2n) is 6.24. The van der Waals surface area contributed by atoms with Crippen LogP contribution in [0, 0.1) is 12.8 Å². The molecule has 1 aliphatic heterocycles. The average Bonchev–Trinajstić information content (AvgIpc) is 2.60. The lowest BCUT2D eigenvalue weighted by molar-refractivity contribution is 0.100. The molecule has 124 valence electrons. The van der Waals surface area contributed by atoms with Crippen molar-refractivity contribution in [2.45, 2.75) is 26.7 Å². The minimum Gasteiger partial charge on any atom is -0.494 e. The predicted octanol–water partition coefficient (Wildman–Crippen LogP) is 3.80. The van der Waals surface area contributed by atoms with E-state index in [0.29, 0.717) is 5.92 Å². The van der Waals surface area contributed by atoms with Crippen LogP contribution < -0.4 is 9.64 Å². The smallest absolute Gasteiger partial charge is 0.145 e. The number of fused-ring (bicyclic) bond motifs is 1. The maximum Gasteiger partial charge on any atom is 0.145 e. The highest BCUT2D eigenvalue weighted by atomic mass is 16.5. The number of ether oxygens (including phenoxy) is 2. The van der Waals surface area contributed by atoms with E-state index in [1.807, 2.05) is 18.3 Å². The number of rotatable bonds is 5. The van der Waals surface area contributed by atoms with Crippen LogP contribution in [0.5, 0.6) is 5.75 Å². The van der Waals surface area contributed by atoms with E-state index in [-0.39, 0.29) is 0 Å². The Bertz CT molecular complexity index is 664. The fourth-order valence-corrected chi connectivity index (χ4v) is 3.47. The molecule has 1 fully saturated rings. The third kappa shape index (κ3) is 3.27. The molecule has 4 heteroatoms. The number of para-hydroxylation sites is 1. The van der Waals surface area contributed by atoms with Gasteiger partial charge in [-0.1, -0.05) is 12.1 Å². The van der Waals surface area contributed by atoms with Crippen LogP contribution in [-0.2, 0) is 4.74 Å². The van der Waals surface area contributed by atoms with Gasteiger partial charge >= 0.3 is 0 Å². The summed E-state index contributed by atoms with van der Waals surface area (Å²) in [6.07, 6.45) is 4.34. The zero-order valence-corrected chi connectivity index (χ0v) is 14.3. The lowest BCUT2D eigenvalue weighted by atomic mass is 9.96. The summed E-state index contributed by atoms with van der Waals surface area (Å²) in [6.45, 7) is 8.08. The molecule has 1 aromatic carbocycles. The SMILES string of the molecule is CCOCC1CCN(c2c(C)cnc3c(OC)cccc23)CC1. The number of piperidine rings is 1. The molecule has 0 aliphatic carbocycles. The quantitative estimate of drug-likeness (QED) is 0.840. The number of benzene rings is 1. The van der Waals surface area contributed by atoms with Crippen molar-refractivity contribution in [3.05, 3.63) is 30.0 Å². The first-order valence-corrected chi connectivity index (χ1v) is 8.49. The van der Waals surface area contributed by atoms with E-state index >= 15 is 0 Å². The molecule has 4 nitrogen and oxygen atoms in total. The summed E-state index contributed by atoms with van der Waals surface area (Å²) in [4.78, 5) is 7.09. The van der Waals surface area contributed by atoms with Gasteiger partial charge in [-0.15, -0.1) is 0 Å². The maximum absolute atomic E-state index is 5.59. The molecule has 1 aliphatic rings. The van der Waals surface area contributed by atoms with E-state index in [0.717, 1.165) is 37.6 Å². The third-order valence-electron chi connectivity index (χ3n) is 4.72. The van der Waals surface area contributed by atoms with E-state index in [1.165, 1.54) is 29.5 Å². The summed E-state index contributed by atoms with van der Waals surface area (Å²) in [5.41, 5.74) is 3.49. The highest BCUT2D eigenvalue weighted by Crippen LogP contribution is 2.35. The van der Waals surface area contributed by atoms with Crippen molar-refractivity contribution >= 4 is 16.6 Å². The standard InChI is InChI=1S/C19H26N2O2/c1-4-23-13-15-8-10-21(11-9-15)19-14(2)12-20-18-16(19)6-5-7-17(18)22-3/h5-7,12,15H,4,8-11,13H2,1-3H3. The van der Waals surface area contributed by atoms with Gasteiger partial charge in [0.2, 0.25) is 0 Å². The Morgan fingerprint density at radius 2 is 2.04 bits per heavy atom. The van der Waals surface area contributed by atoms with Crippen LogP contribution in [-0.4, -0.2) is 38.4 Å². The summed E-state index contributed by atoms with van der Waals surface area (Å²) in [5, 5.41) is 1.19. The number of nitrogens with zero attached hydrogens (tertiary/aromatic N) is 2. The molecule has 23 heavy (non-hydrogen) atoms. The van der Waals surface area contributed by atoms with Crippen molar-refractivity contribution < 1.29 is 9.47 Å². The summed E-state index contributed by atoms with van der Waals surface area (Å²) in [6, 6.07) is 6.18. The van der Waals surface area contributed by atoms with Crippen LogP contribution >= 0.6 is 0 Å². The van der Waals surface area contributed by atoms with Crippen LogP contribution in [0.2, 0.25) is 0 Å². The number of anilines is 1. The Hall–Kier alpha value is -1.81. The normalized spacial score (nSPS) is 16.0. The molecule has 0 unspecified atom stereocenters. The van der Waals surface area contributed by atoms with E-state index in [4.69, 9.17) is 9.47 Å². The van der Waals surface area contributed by atoms with E-state index < -0.39 is 0 Å². The molecule has 0 bridgehead atoms. The second kappa shape index (κ2) is 7.18. The van der Waals surface area contributed by atoms with Crippen molar-refractivity contribution in [1.29, 1.82) is 0 Å². The summed E-state index contributed by atoms with van der Waals surface area (Å²) < 4.78 is 11.1. The molecule has 0 radical (unpaired) electrons. The number of aryl methyl sites for hydroxylation is 1. The highest BCUT2D eigenvalue weighted by molar-refractivity contribution is 5.96. The largest absolute Gasteiger partial charge is 0.494 e. The van der Waals surface area contributed by atoms with Gasteiger partial charge in [0.1, 0.15) is 11.3 Å². The molecule has 2 heterocycles. The zero-order valence-electron chi connectivity index (χ0n) is 14.3. The molecule has 0 amide bonds. The van der Waals surface area contributed by atoms with Crippen molar-refractivity contribution in [1.82, 2.24) is 4.98 Å². The molecule has 0 N–H and O–H groups in total. The van der Waals surface area contributed by atoms with E-state index in [9.17, 15) is 0 Å².